The van der Waals surface area contributed by atoms with Crippen molar-refractivity contribution in [3.63, 3.8) is 0 Å². The maximum absolute atomic E-state index is 12.3. The second-order valence-corrected chi connectivity index (χ2v) is 6.02. The lowest BCUT2D eigenvalue weighted by molar-refractivity contribution is -0.145. The van der Waals surface area contributed by atoms with E-state index < -0.39 is 5.97 Å². The summed E-state index contributed by atoms with van der Waals surface area (Å²) in [5, 5.41) is 4.27. The second-order valence-electron chi connectivity index (χ2n) is 4.66. The average molecular weight is 351 g/mol. The largest absolute Gasteiger partial charge is 0.459 e. The van der Waals surface area contributed by atoms with Crippen LogP contribution in [0.2, 0.25) is 4.34 Å². The van der Waals surface area contributed by atoms with Crippen molar-refractivity contribution in [1.29, 1.82) is 0 Å². The zero-order valence-electron chi connectivity index (χ0n) is 11.8. The van der Waals surface area contributed by atoms with Crippen LogP contribution in [0.25, 0.3) is 10.9 Å². The van der Waals surface area contributed by atoms with Gasteiger partial charge in [-0.1, -0.05) is 28.2 Å². The summed E-state index contributed by atoms with van der Waals surface area (Å²) in [5.41, 5.74) is 0.867. The molecular weight excluding hydrogens is 340 g/mol. The third kappa shape index (κ3) is 3.54. The first-order valence-electron chi connectivity index (χ1n) is 6.71. The molecule has 0 aliphatic carbocycles. The number of rotatable bonds is 5. The number of benzene rings is 1. The third-order valence-corrected chi connectivity index (χ3v) is 4.15. The molecule has 0 fully saturated rings. The number of aromatic nitrogens is 4. The average Bonchev–Trinajstić information content (AvgIpc) is 2.98. The maximum Gasteiger partial charge on any atom is 0.307 e. The lowest BCUT2D eigenvalue weighted by Crippen LogP contribution is -2.22. The Balaban J connectivity index is 1.62. The molecule has 0 amide bonds. The standard InChI is InChI=1S/C14H11ClN4O3S/c15-13-11(17-18-23-13)7-22-12(20)5-6-19-8-16-10-4-2-1-3-9(10)14(19)21/h1-4,8H,5-7H2. The van der Waals surface area contributed by atoms with Gasteiger partial charge in [0.05, 0.1) is 23.7 Å². The van der Waals surface area contributed by atoms with Gasteiger partial charge in [-0.05, 0) is 12.1 Å². The summed E-state index contributed by atoms with van der Waals surface area (Å²) in [6.45, 7) is 0.164. The lowest BCUT2D eigenvalue weighted by atomic mass is 10.2. The minimum Gasteiger partial charge on any atom is -0.459 e. The monoisotopic (exact) mass is 350 g/mol. The highest BCUT2D eigenvalue weighted by atomic mass is 35.5. The number of carbonyl (C=O) groups excluding carboxylic acids is 1. The van der Waals surface area contributed by atoms with Crippen molar-refractivity contribution >= 4 is 40.0 Å². The molecule has 0 radical (unpaired) electrons. The van der Waals surface area contributed by atoms with Crippen LogP contribution in [0.15, 0.2) is 35.4 Å². The SMILES string of the molecule is O=C(CCn1cnc2ccccc2c1=O)OCc1nnsc1Cl. The Morgan fingerprint density at radius 1 is 1.35 bits per heavy atom. The molecule has 0 aliphatic rings. The Bertz CT molecular complexity index is 908. The number of fused-ring (bicyclic) bond motifs is 1. The van der Waals surface area contributed by atoms with Crippen molar-refractivity contribution in [3.8, 4) is 0 Å². The molecule has 0 N–H and O–H groups in total. The van der Waals surface area contributed by atoms with Gasteiger partial charge in [0, 0.05) is 18.1 Å². The predicted octanol–water partition coefficient (Wildman–Crippen LogP) is 2.03. The van der Waals surface area contributed by atoms with Crippen LogP contribution in [0.5, 0.6) is 0 Å². The van der Waals surface area contributed by atoms with Gasteiger partial charge in [0.15, 0.2) is 0 Å². The van der Waals surface area contributed by atoms with Crippen molar-refractivity contribution in [2.24, 2.45) is 0 Å². The van der Waals surface area contributed by atoms with E-state index in [4.69, 9.17) is 16.3 Å². The zero-order chi connectivity index (χ0) is 16.2. The van der Waals surface area contributed by atoms with Crippen LogP contribution in [-0.2, 0) is 22.7 Å². The van der Waals surface area contributed by atoms with Crippen molar-refractivity contribution in [3.05, 3.63) is 51.0 Å². The van der Waals surface area contributed by atoms with Gasteiger partial charge < -0.3 is 4.74 Å². The van der Waals surface area contributed by atoms with E-state index in [0.717, 1.165) is 11.5 Å². The van der Waals surface area contributed by atoms with Crippen LogP contribution >= 0.6 is 23.1 Å². The highest BCUT2D eigenvalue weighted by molar-refractivity contribution is 7.10. The van der Waals surface area contributed by atoms with Crippen LogP contribution in [0.3, 0.4) is 0 Å². The summed E-state index contributed by atoms with van der Waals surface area (Å²) in [4.78, 5) is 28.2. The summed E-state index contributed by atoms with van der Waals surface area (Å²) in [6, 6.07) is 7.06. The van der Waals surface area contributed by atoms with Crippen molar-refractivity contribution in [2.75, 3.05) is 0 Å². The molecule has 0 spiro atoms. The number of hydrogen-bond acceptors (Lipinski definition) is 7. The van der Waals surface area contributed by atoms with Gasteiger partial charge >= 0.3 is 5.97 Å². The topological polar surface area (TPSA) is 87.0 Å². The molecule has 3 rings (SSSR count). The molecule has 3 aromatic rings. The maximum atomic E-state index is 12.3. The molecule has 0 aliphatic heterocycles. The van der Waals surface area contributed by atoms with Crippen LogP contribution in [0, 0.1) is 0 Å². The molecule has 9 heteroatoms. The Morgan fingerprint density at radius 3 is 2.96 bits per heavy atom. The minimum atomic E-state index is -0.450. The number of hydrogen-bond donors (Lipinski definition) is 0. The molecule has 2 aromatic heterocycles. The molecule has 0 saturated heterocycles. The Hall–Kier alpha value is -2.32. The molecule has 0 atom stereocenters. The minimum absolute atomic E-state index is 0.0287. The van der Waals surface area contributed by atoms with Gasteiger partial charge in [0.1, 0.15) is 16.6 Å². The van der Waals surface area contributed by atoms with E-state index in [1.54, 1.807) is 18.2 Å². The van der Waals surface area contributed by atoms with Gasteiger partial charge in [-0.3, -0.25) is 14.2 Å². The molecule has 0 bridgehead atoms. The highest BCUT2D eigenvalue weighted by Gasteiger charge is 2.10. The number of aryl methyl sites for hydroxylation is 1. The quantitative estimate of drug-likeness (QED) is 0.654. The third-order valence-electron chi connectivity index (χ3n) is 3.17. The normalized spacial score (nSPS) is 10.8. The van der Waals surface area contributed by atoms with Crippen molar-refractivity contribution in [1.82, 2.24) is 19.1 Å². The molecular formula is C14H11ClN4O3S. The van der Waals surface area contributed by atoms with E-state index in [-0.39, 0.29) is 25.1 Å². The predicted molar refractivity (Wildman–Crippen MR) is 85.3 cm³/mol. The first-order valence-corrected chi connectivity index (χ1v) is 7.87. The van der Waals surface area contributed by atoms with Crippen molar-refractivity contribution < 1.29 is 9.53 Å². The molecule has 118 valence electrons. The first-order chi connectivity index (χ1) is 11.1. The Morgan fingerprint density at radius 2 is 2.17 bits per heavy atom. The zero-order valence-corrected chi connectivity index (χ0v) is 13.4. The lowest BCUT2D eigenvalue weighted by Gasteiger charge is -2.06. The fourth-order valence-electron chi connectivity index (χ4n) is 1.98. The summed E-state index contributed by atoms with van der Waals surface area (Å²) in [5.74, 6) is -0.450. The van der Waals surface area contributed by atoms with Gasteiger partial charge in [-0.15, -0.1) is 5.10 Å². The smallest absolute Gasteiger partial charge is 0.307 e. The molecule has 7 nitrogen and oxygen atoms in total. The number of ether oxygens (including phenoxy) is 1. The van der Waals surface area contributed by atoms with Gasteiger partial charge in [-0.25, -0.2) is 4.98 Å². The second kappa shape index (κ2) is 6.84. The fourth-order valence-corrected chi connectivity index (χ4v) is 2.58. The van der Waals surface area contributed by atoms with Gasteiger partial charge in [0.2, 0.25) is 0 Å². The van der Waals surface area contributed by atoms with E-state index >= 15 is 0 Å². The van der Waals surface area contributed by atoms with Crippen LogP contribution in [0.1, 0.15) is 12.1 Å². The van der Waals surface area contributed by atoms with Gasteiger partial charge in [0.25, 0.3) is 5.56 Å². The van der Waals surface area contributed by atoms with Crippen LogP contribution < -0.4 is 5.56 Å². The van der Waals surface area contributed by atoms with E-state index in [1.165, 1.54) is 10.9 Å². The number of nitrogens with zero attached hydrogens (tertiary/aromatic N) is 4. The Kier molecular flexibility index (Phi) is 4.63. The summed E-state index contributed by atoms with van der Waals surface area (Å²) < 4.78 is 10.5. The fraction of sp³-hybridized carbons (Fsp3) is 0.214. The van der Waals surface area contributed by atoms with E-state index in [1.807, 2.05) is 6.07 Å². The summed E-state index contributed by atoms with van der Waals surface area (Å²) in [7, 11) is 0. The molecule has 23 heavy (non-hydrogen) atoms. The van der Waals surface area contributed by atoms with Gasteiger partial charge in [-0.2, -0.15) is 0 Å². The van der Waals surface area contributed by atoms with Crippen LogP contribution in [-0.4, -0.2) is 25.1 Å². The summed E-state index contributed by atoms with van der Waals surface area (Å²) in [6.07, 6.45) is 1.48. The molecule has 0 unspecified atom stereocenters. The van der Waals surface area contributed by atoms with Crippen LogP contribution in [0.4, 0.5) is 0 Å². The number of esters is 1. The number of para-hydroxylation sites is 1. The van der Waals surface area contributed by atoms with E-state index in [9.17, 15) is 9.59 Å². The number of carbonyl (C=O) groups is 1. The molecule has 0 saturated carbocycles. The molecule has 1 aromatic carbocycles. The molecule has 2 heterocycles. The number of halogens is 1. The van der Waals surface area contributed by atoms with E-state index in [0.29, 0.717) is 20.9 Å². The van der Waals surface area contributed by atoms with Crippen molar-refractivity contribution in [2.45, 2.75) is 19.6 Å². The van der Waals surface area contributed by atoms with E-state index in [2.05, 4.69) is 14.6 Å². The Labute approximate surface area is 139 Å². The first kappa shape index (κ1) is 15.6. The highest BCUT2D eigenvalue weighted by Crippen LogP contribution is 2.17. The summed E-state index contributed by atoms with van der Waals surface area (Å²) >= 11 is 6.85.